The number of hydrogen-bond donors (Lipinski definition) is 3. The van der Waals surface area contributed by atoms with Crippen LogP contribution in [0.25, 0.3) is 0 Å². The molecule has 3 N–H and O–H groups in total. The van der Waals surface area contributed by atoms with Gasteiger partial charge in [0.05, 0.1) is 0 Å². The molecule has 1 saturated carbocycles. The Hall–Kier alpha value is -1.26. The maximum absolute atomic E-state index is 11.6. The highest BCUT2D eigenvalue weighted by Gasteiger charge is 2.34. The number of hydrogen-bond acceptors (Lipinski definition) is 2. The van der Waals surface area contributed by atoms with Gasteiger partial charge in [-0.15, -0.1) is 0 Å². The van der Waals surface area contributed by atoms with Gasteiger partial charge in [0, 0.05) is 6.54 Å². The van der Waals surface area contributed by atoms with Crippen molar-refractivity contribution in [2.24, 2.45) is 17.3 Å². The second-order valence-electron chi connectivity index (χ2n) is 5.96. The third-order valence-corrected chi connectivity index (χ3v) is 3.19. The van der Waals surface area contributed by atoms with Crippen LogP contribution in [0.1, 0.15) is 34.1 Å². The lowest BCUT2D eigenvalue weighted by atomic mass is 9.87. The van der Waals surface area contributed by atoms with E-state index in [9.17, 15) is 9.59 Å². The smallest absolute Gasteiger partial charge is 0.326 e. The van der Waals surface area contributed by atoms with E-state index in [0.29, 0.717) is 18.4 Å². The number of aliphatic carboxylic acids is 1. The summed E-state index contributed by atoms with van der Waals surface area (Å²) in [6.45, 7) is 8.13. The average Bonchev–Trinajstić information content (AvgIpc) is 2.85. The monoisotopic (exact) mass is 242 g/mol. The van der Waals surface area contributed by atoms with Gasteiger partial charge < -0.3 is 15.7 Å². The molecule has 0 saturated heterocycles. The van der Waals surface area contributed by atoms with Crippen molar-refractivity contribution in [2.75, 3.05) is 6.54 Å². The molecule has 0 aromatic heterocycles. The molecule has 1 fully saturated rings. The topological polar surface area (TPSA) is 78.4 Å². The molecule has 0 radical (unpaired) electrons. The zero-order valence-corrected chi connectivity index (χ0v) is 10.9. The molecule has 0 aromatic carbocycles. The highest BCUT2D eigenvalue weighted by molar-refractivity contribution is 5.83. The standard InChI is InChI=1S/C12H22N2O3/c1-7-5-8(7)6-13-11(17)14-9(10(15)16)12(2,3)4/h7-9H,5-6H2,1-4H3,(H,15,16)(H2,13,14,17)/t7?,8?,9-/m0/s1. The fraction of sp³-hybridized carbons (Fsp3) is 0.833. The fourth-order valence-corrected chi connectivity index (χ4v) is 1.74. The lowest BCUT2D eigenvalue weighted by molar-refractivity contribution is -0.141. The van der Waals surface area contributed by atoms with E-state index in [-0.39, 0.29) is 0 Å². The number of carboxylic acids is 1. The van der Waals surface area contributed by atoms with Crippen LogP contribution >= 0.6 is 0 Å². The lowest BCUT2D eigenvalue weighted by Crippen LogP contribution is -2.52. The number of amides is 2. The van der Waals surface area contributed by atoms with E-state index in [1.165, 1.54) is 0 Å². The molecule has 0 bridgehead atoms. The second-order valence-corrected chi connectivity index (χ2v) is 5.96. The zero-order valence-electron chi connectivity index (χ0n) is 10.9. The Bertz CT molecular complexity index is 309. The van der Waals surface area contributed by atoms with Crippen LogP contribution in [0.5, 0.6) is 0 Å². The Morgan fingerprint density at radius 1 is 1.41 bits per heavy atom. The number of carbonyl (C=O) groups is 2. The number of carbonyl (C=O) groups excluding carboxylic acids is 1. The summed E-state index contributed by atoms with van der Waals surface area (Å²) in [5, 5.41) is 14.3. The van der Waals surface area contributed by atoms with Crippen molar-refractivity contribution in [1.82, 2.24) is 10.6 Å². The molecule has 0 heterocycles. The van der Waals surface area contributed by atoms with Gasteiger partial charge in [-0.1, -0.05) is 27.7 Å². The number of urea groups is 1. The molecule has 17 heavy (non-hydrogen) atoms. The quantitative estimate of drug-likeness (QED) is 0.698. The Morgan fingerprint density at radius 2 is 1.94 bits per heavy atom. The molecule has 0 spiro atoms. The highest BCUT2D eigenvalue weighted by Crippen LogP contribution is 2.36. The largest absolute Gasteiger partial charge is 0.480 e. The number of nitrogens with one attached hydrogen (secondary N) is 2. The first kappa shape index (κ1) is 13.8. The van der Waals surface area contributed by atoms with E-state index in [4.69, 9.17) is 5.11 Å². The van der Waals surface area contributed by atoms with Gasteiger partial charge in [-0.2, -0.15) is 0 Å². The van der Waals surface area contributed by atoms with E-state index in [1.807, 2.05) is 0 Å². The first-order chi connectivity index (χ1) is 7.71. The normalized spacial score (nSPS) is 24.9. The minimum absolute atomic E-state index is 0.397. The Kier molecular flexibility index (Phi) is 4.01. The minimum Gasteiger partial charge on any atom is -0.480 e. The third-order valence-electron chi connectivity index (χ3n) is 3.19. The van der Waals surface area contributed by atoms with Crippen molar-refractivity contribution in [1.29, 1.82) is 0 Å². The van der Waals surface area contributed by atoms with Crippen LogP contribution in [0, 0.1) is 17.3 Å². The van der Waals surface area contributed by atoms with Gasteiger partial charge >= 0.3 is 12.0 Å². The molecule has 1 aliphatic rings. The Labute approximate surface area is 102 Å². The SMILES string of the molecule is CC1CC1CNC(=O)N[C@@H](C(=O)O)C(C)(C)C. The van der Waals surface area contributed by atoms with Crippen molar-refractivity contribution in [2.45, 2.75) is 40.2 Å². The van der Waals surface area contributed by atoms with Gasteiger partial charge in [-0.05, 0) is 23.7 Å². The van der Waals surface area contributed by atoms with Crippen LogP contribution in [-0.2, 0) is 4.79 Å². The van der Waals surface area contributed by atoms with Crippen LogP contribution < -0.4 is 10.6 Å². The van der Waals surface area contributed by atoms with E-state index >= 15 is 0 Å². The van der Waals surface area contributed by atoms with Gasteiger partial charge in [0.2, 0.25) is 0 Å². The van der Waals surface area contributed by atoms with Gasteiger partial charge in [0.1, 0.15) is 6.04 Å². The summed E-state index contributed by atoms with van der Waals surface area (Å²) in [5.41, 5.74) is -0.504. The van der Waals surface area contributed by atoms with E-state index in [2.05, 4.69) is 17.6 Å². The molecular formula is C12H22N2O3. The summed E-state index contributed by atoms with van der Waals surface area (Å²) in [4.78, 5) is 22.6. The van der Waals surface area contributed by atoms with Crippen molar-refractivity contribution >= 4 is 12.0 Å². The van der Waals surface area contributed by atoms with E-state index in [1.54, 1.807) is 20.8 Å². The maximum Gasteiger partial charge on any atom is 0.326 e. The van der Waals surface area contributed by atoms with Gasteiger partial charge in [0.15, 0.2) is 0 Å². The molecule has 0 aromatic rings. The molecule has 0 aliphatic heterocycles. The second kappa shape index (κ2) is 4.94. The van der Waals surface area contributed by atoms with Crippen LogP contribution in [0.2, 0.25) is 0 Å². The molecule has 5 heteroatoms. The Balaban J connectivity index is 2.39. The summed E-state index contributed by atoms with van der Waals surface area (Å²) >= 11 is 0. The summed E-state index contributed by atoms with van der Waals surface area (Å²) in [6, 6.07) is -1.27. The zero-order chi connectivity index (χ0) is 13.2. The molecule has 5 nitrogen and oxygen atoms in total. The molecule has 2 amide bonds. The van der Waals surface area contributed by atoms with Gasteiger partial charge in [-0.25, -0.2) is 9.59 Å². The lowest BCUT2D eigenvalue weighted by Gasteiger charge is -2.27. The maximum atomic E-state index is 11.6. The molecule has 1 aliphatic carbocycles. The van der Waals surface area contributed by atoms with Crippen molar-refractivity contribution < 1.29 is 14.7 Å². The Morgan fingerprint density at radius 3 is 2.29 bits per heavy atom. The van der Waals surface area contributed by atoms with Crippen LogP contribution in [0.15, 0.2) is 0 Å². The van der Waals surface area contributed by atoms with E-state index in [0.717, 1.165) is 6.42 Å². The summed E-state index contributed by atoms with van der Waals surface area (Å²) < 4.78 is 0. The van der Waals surface area contributed by atoms with Crippen molar-refractivity contribution in [3.63, 3.8) is 0 Å². The molecule has 1 rings (SSSR count). The molecule has 3 atom stereocenters. The highest BCUT2D eigenvalue weighted by atomic mass is 16.4. The first-order valence-electron chi connectivity index (χ1n) is 5.99. The fourth-order valence-electron chi connectivity index (χ4n) is 1.74. The van der Waals surface area contributed by atoms with Crippen LogP contribution in [-0.4, -0.2) is 29.7 Å². The van der Waals surface area contributed by atoms with E-state index < -0.39 is 23.5 Å². The minimum atomic E-state index is -1.01. The van der Waals surface area contributed by atoms with Crippen molar-refractivity contribution in [3.05, 3.63) is 0 Å². The molecule has 2 unspecified atom stereocenters. The van der Waals surface area contributed by atoms with Gasteiger partial charge in [-0.3, -0.25) is 0 Å². The predicted molar refractivity (Wildman–Crippen MR) is 64.7 cm³/mol. The molecular weight excluding hydrogens is 220 g/mol. The summed E-state index contributed by atoms with van der Waals surface area (Å²) in [5.74, 6) is 0.222. The van der Waals surface area contributed by atoms with Crippen molar-refractivity contribution in [3.8, 4) is 0 Å². The third kappa shape index (κ3) is 4.24. The predicted octanol–water partition coefficient (Wildman–Crippen LogP) is 1.44. The number of carboxylic acid groups (broad SMARTS) is 1. The van der Waals surface area contributed by atoms with Crippen LogP contribution in [0.3, 0.4) is 0 Å². The van der Waals surface area contributed by atoms with Crippen LogP contribution in [0.4, 0.5) is 4.79 Å². The average molecular weight is 242 g/mol. The summed E-state index contributed by atoms with van der Waals surface area (Å²) in [6.07, 6.45) is 1.14. The number of rotatable bonds is 4. The summed E-state index contributed by atoms with van der Waals surface area (Å²) in [7, 11) is 0. The van der Waals surface area contributed by atoms with Gasteiger partial charge in [0.25, 0.3) is 0 Å². The first-order valence-corrected chi connectivity index (χ1v) is 5.99. The molecule has 98 valence electrons.